The van der Waals surface area contributed by atoms with Crippen LogP contribution in [0.4, 0.5) is 0 Å². The summed E-state index contributed by atoms with van der Waals surface area (Å²) in [4.78, 5) is 9.24. The van der Waals surface area contributed by atoms with E-state index in [0.717, 1.165) is 45.2 Å². The second-order valence-electron chi connectivity index (χ2n) is 7.04. The largest absolute Gasteiger partial charge is 0.385 e. The average Bonchev–Trinajstić information content (AvgIpc) is 2.64. The summed E-state index contributed by atoms with van der Waals surface area (Å²) in [6.45, 7) is 8.74. The predicted molar refractivity (Wildman–Crippen MR) is 107 cm³/mol. The molecule has 0 bridgehead atoms. The third kappa shape index (κ3) is 12.2. The number of hydrogen-bond acceptors (Lipinski definition) is 4. The zero-order valence-corrected chi connectivity index (χ0v) is 16.9. The molecule has 6 heteroatoms. The monoisotopic (exact) mass is 355 g/mol. The molecule has 0 aliphatic carbocycles. The summed E-state index contributed by atoms with van der Waals surface area (Å²) in [5.41, 5.74) is 0. The van der Waals surface area contributed by atoms with Crippen molar-refractivity contribution in [1.29, 1.82) is 0 Å². The summed E-state index contributed by atoms with van der Waals surface area (Å²) in [7, 11) is 5.74. The van der Waals surface area contributed by atoms with Crippen LogP contribution in [0, 0.1) is 0 Å². The van der Waals surface area contributed by atoms with E-state index in [2.05, 4.69) is 32.5 Å². The molecular weight excluding hydrogens is 314 g/mol. The first-order valence-corrected chi connectivity index (χ1v) is 10.1. The molecule has 148 valence electrons. The van der Waals surface area contributed by atoms with Gasteiger partial charge in [-0.1, -0.05) is 12.8 Å². The number of likely N-dealkylation sites (N-methyl/N-ethyl adjacent to an activating group) is 1. The number of aliphatic imine (C=N–C) groups is 1. The third-order valence-electron chi connectivity index (χ3n) is 4.79. The average molecular weight is 356 g/mol. The second kappa shape index (κ2) is 15.4. The molecule has 2 N–H and O–H groups in total. The lowest BCUT2D eigenvalue weighted by Crippen LogP contribution is -2.41. The van der Waals surface area contributed by atoms with E-state index in [0.29, 0.717) is 0 Å². The topological polar surface area (TPSA) is 52.1 Å². The molecule has 0 aromatic heterocycles. The van der Waals surface area contributed by atoms with Gasteiger partial charge in [0.15, 0.2) is 5.96 Å². The minimum absolute atomic E-state index is 0.832. The van der Waals surface area contributed by atoms with E-state index in [1.807, 2.05) is 7.05 Å². The highest BCUT2D eigenvalue weighted by atomic mass is 16.5. The lowest BCUT2D eigenvalue weighted by atomic mass is 10.1. The Morgan fingerprint density at radius 3 is 2.48 bits per heavy atom. The van der Waals surface area contributed by atoms with Crippen molar-refractivity contribution in [3.8, 4) is 0 Å². The highest BCUT2D eigenvalue weighted by molar-refractivity contribution is 5.79. The van der Waals surface area contributed by atoms with Crippen LogP contribution in [-0.4, -0.2) is 89.4 Å². The predicted octanol–water partition coefficient (Wildman–Crippen LogP) is 1.78. The van der Waals surface area contributed by atoms with Crippen LogP contribution in [0.1, 0.15) is 44.9 Å². The fourth-order valence-corrected chi connectivity index (χ4v) is 3.20. The fourth-order valence-electron chi connectivity index (χ4n) is 3.20. The summed E-state index contributed by atoms with van der Waals surface area (Å²) in [6.07, 6.45) is 9.12. The molecule has 1 aliphatic rings. The Morgan fingerprint density at radius 1 is 1.00 bits per heavy atom. The Hall–Kier alpha value is -0.850. The van der Waals surface area contributed by atoms with Gasteiger partial charge in [0.2, 0.25) is 0 Å². The van der Waals surface area contributed by atoms with Crippen molar-refractivity contribution in [3.63, 3.8) is 0 Å². The maximum Gasteiger partial charge on any atom is 0.191 e. The molecule has 0 aromatic rings. The standard InChI is InChI=1S/C19H41N5O/c1-20-19(22-12-17-23(2)13-10-18-25-3)21-11-6-4-7-14-24-15-8-5-9-16-24/h4-18H2,1-3H3,(H2,20,21,22). The van der Waals surface area contributed by atoms with Gasteiger partial charge < -0.3 is 25.2 Å². The van der Waals surface area contributed by atoms with Crippen LogP contribution in [0.15, 0.2) is 4.99 Å². The number of nitrogens with one attached hydrogen (secondary N) is 2. The van der Waals surface area contributed by atoms with Gasteiger partial charge in [-0.3, -0.25) is 4.99 Å². The van der Waals surface area contributed by atoms with E-state index in [4.69, 9.17) is 4.74 Å². The first-order chi connectivity index (χ1) is 12.3. The molecule has 1 heterocycles. The Kier molecular flexibility index (Phi) is 13.7. The third-order valence-corrected chi connectivity index (χ3v) is 4.79. The van der Waals surface area contributed by atoms with Crippen molar-refractivity contribution < 1.29 is 4.74 Å². The van der Waals surface area contributed by atoms with Gasteiger partial charge in [0.1, 0.15) is 0 Å². The molecule has 6 nitrogen and oxygen atoms in total. The van der Waals surface area contributed by atoms with Gasteiger partial charge in [0.25, 0.3) is 0 Å². The van der Waals surface area contributed by atoms with E-state index in [1.54, 1.807) is 7.11 Å². The zero-order chi connectivity index (χ0) is 18.2. The molecule has 1 saturated heterocycles. The van der Waals surface area contributed by atoms with Crippen LogP contribution in [-0.2, 0) is 4.74 Å². The molecular formula is C19H41N5O. The number of hydrogen-bond donors (Lipinski definition) is 2. The number of likely N-dealkylation sites (tertiary alicyclic amines) is 1. The van der Waals surface area contributed by atoms with E-state index < -0.39 is 0 Å². The van der Waals surface area contributed by atoms with Crippen molar-refractivity contribution in [3.05, 3.63) is 0 Å². The van der Waals surface area contributed by atoms with E-state index in [1.165, 1.54) is 58.2 Å². The van der Waals surface area contributed by atoms with E-state index in [-0.39, 0.29) is 0 Å². The Balaban J connectivity index is 1.95. The molecule has 25 heavy (non-hydrogen) atoms. The van der Waals surface area contributed by atoms with E-state index in [9.17, 15) is 0 Å². The van der Waals surface area contributed by atoms with Gasteiger partial charge in [-0.25, -0.2) is 0 Å². The molecule has 1 aliphatic heterocycles. The highest BCUT2D eigenvalue weighted by Gasteiger charge is 2.08. The van der Waals surface area contributed by atoms with Crippen LogP contribution < -0.4 is 10.6 Å². The minimum Gasteiger partial charge on any atom is -0.385 e. The van der Waals surface area contributed by atoms with Gasteiger partial charge in [-0.15, -0.1) is 0 Å². The molecule has 0 spiro atoms. The van der Waals surface area contributed by atoms with Gasteiger partial charge in [0.05, 0.1) is 0 Å². The lowest BCUT2D eigenvalue weighted by Gasteiger charge is -2.26. The van der Waals surface area contributed by atoms with Crippen LogP contribution >= 0.6 is 0 Å². The minimum atomic E-state index is 0.832. The van der Waals surface area contributed by atoms with Crippen molar-refractivity contribution >= 4 is 5.96 Å². The molecule has 0 saturated carbocycles. The summed E-state index contributed by atoms with van der Waals surface area (Å²) in [5.74, 6) is 0.918. The second-order valence-corrected chi connectivity index (χ2v) is 7.04. The normalized spacial score (nSPS) is 16.4. The Labute approximate surface area is 155 Å². The Morgan fingerprint density at radius 2 is 1.76 bits per heavy atom. The molecule has 1 fully saturated rings. The first-order valence-electron chi connectivity index (χ1n) is 10.1. The lowest BCUT2D eigenvalue weighted by molar-refractivity contribution is 0.180. The van der Waals surface area contributed by atoms with Crippen molar-refractivity contribution in [2.75, 3.05) is 73.6 Å². The summed E-state index contributed by atoms with van der Waals surface area (Å²) in [5, 5.41) is 6.81. The highest BCUT2D eigenvalue weighted by Crippen LogP contribution is 2.09. The van der Waals surface area contributed by atoms with Gasteiger partial charge in [-0.2, -0.15) is 0 Å². The quantitative estimate of drug-likeness (QED) is 0.300. The van der Waals surface area contributed by atoms with Crippen molar-refractivity contribution in [2.24, 2.45) is 4.99 Å². The number of piperidine rings is 1. The number of unbranched alkanes of at least 4 members (excludes halogenated alkanes) is 2. The van der Waals surface area contributed by atoms with Crippen LogP contribution in [0.2, 0.25) is 0 Å². The number of rotatable bonds is 13. The molecule has 1 rings (SSSR count). The summed E-state index contributed by atoms with van der Waals surface area (Å²) >= 11 is 0. The zero-order valence-electron chi connectivity index (χ0n) is 16.9. The molecule has 0 unspecified atom stereocenters. The Bertz CT molecular complexity index is 332. The van der Waals surface area contributed by atoms with Gasteiger partial charge in [0, 0.05) is 46.9 Å². The van der Waals surface area contributed by atoms with Gasteiger partial charge in [-0.05, 0) is 58.8 Å². The first kappa shape index (κ1) is 22.2. The molecule has 0 amide bonds. The molecule has 0 atom stereocenters. The van der Waals surface area contributed by atoms with Crippen LogP contribution in [0.25, 0.3) is 0 Å². The van der Waals surface area contributed by atoms with Crippen molar-refractivity contribution in [2.45, 2.75) is 44.9 Å². The maximum atomic E-state index is 5.08. The summed E-state index contributed by atoms with van der Waals surface area (Å²) < 4.78 is 5.08. The fraction of sp³-hybridized carbons (Fsp3) is 0.947. The van der Waals surface area contributed by atoms with Crippen LogP contribution in [0.3, 0.4) is 0 Å². The smallest absolute Gasteiger partial charge is 0.191 e. The molecule has 0 aromatic carbocycles. The van der Waals surface area contributed by atoms with Crippen LogP contribution in [0.5, 0.6) is 0 Å². The van der Waals surface area contributed by atoms with Crippen molar-refractivity contribution in [1.82, 2.24) is 20.4 Å². The number of methoxy groups -OCH3 is 1. The van der Waals surface area contributed by atoms with Gasteiger partial charge >= 0.3 is 0 Å². The number of ether oxygens (including phenoxy) is 1. The number of nitrogens with zero attached hydrogens (tertiary/aromatic N) is 3. The SMILES string of the molecule is CN=C(NCCCCCN1CCCCC1)NCCN(C)CCCOC. The number of guanidine groups is 1. The van der Waals surface area contributed by atoms with E-state index >= 15 is 0 Å². The summed E-state index contributed by atoms with van der Waals surface area (Å²) in [6, 6.07) is 0. The maximum absolute atomic E-state index is 5.08. The molecule has 0 radical (unpaired) electrons.